The molecule has 3 atom stereocenters. The molecule has 0 aromatic rings. The quantitative estimate of drug-likeness (QED) is 0.422. The monoisotopic (exact) mass is 155 g/mol. The van der Waals surface area contributed by atoms with Crippen molar-refractivity contribution >= 4 is 5.97 Å². The van der Waals surface area contributed by atoms with Crippen molar-refractivity contribution in [3.8, 4) is 0 Å². The molecule has 3 unspecified atom stereocenters. The second kappa shape index (κ2) is 2.36. The molecule has 0 heterocycles. The maximum Gasteiger partial charge on any atom is 0.309 e. The van der Waals surface area contributed by atoms with Crippen LogP contribution in [-0.2, 0) is 9.53 Å². The van der Waals surface area contributed by atoms with Crippen LogP contribution in [0, 0.1) is 17.8 Å². The predicted molar refractivity (Wildman–Crippen MR) is 40.9 cm³/mol. The van der Waals surface area contributed by atoms with Gasteiger partial charge in [-0.3, -0.25) is 4.79 Å². The molecule has 0 aromatic heterocycles. The van der Waals surface area contributed by atoms with Crippen molar-refractivity contribution in [1.82, 2.24) is 0 Å². The van der Waals surface area contributed by atoms with Gasteiger partial charge in [-0.1, -0.05) is 12.2 Å². The highest BCUT2D eigenvalue weighted by Gasteiger charge is 2.40. The maximum absolute atomic E-state index is 11.4. The summed E-state index contributed by atoms with van der Waals surface area (Å²) < 4.78 is 24.9. The number of carbonyl (C=O) groups excluding carboxylic acids is 1. The highest BCUT2D eigenvalue weighted by molar-refractivity contribution is 5.73. The Morgan fingerprint density at radius 3 is 3.09 bits per heavy atom. The van der Waals surface area contributed by atoms with Crippen molar-refractivity contribution in [2.45, 2.75) is 12.8 Å². The molecular formula is C9H12O2. The van der Waals surface area contributed by atoms with Crippen molar-refractivity contribution in [1.29, 1.82) is 0 Å². The highest BCUT2D eigenvalue weighted by atomic mass is 16.5. The van der Waals surface area contributed by atoms with Gasteiger partial charge >= 0.3 is 5.97 Å². The summed E-state index contributed by atoms with van der Waals surface area (Å²) in [6, 6.07) is 0. The lowest BCUT2D eigenvalue weighted by Crippen LogP contribution is -2.19. The van der Waals surface area contributed by atoms with E-state index in [-0.39, 0.29) is 11.8 Å². The average Bonchev–Trinajstić information content (AvgIpc) is 2.59. The van der Waals surface area contributed by atoms with Crippen LogP contribution in [-0.4, -0.2) is 13.0 Å². The molecule has 2 rings (SSSR count). The zero-order valence-electron chi connectivity index (χ0n) is 9.12. The Kier molecular flexibility index (Phi) is 0.921. The molecule has 0 aromatic carbocycles. The van der Waals surface area contributed by atoms with E-state index in [0.29, 0.717) is 5.92 Å². The van der Waals surface area contributed by atoms with Gasteiger partial charge in [0.1, 0.15) is 0 Å². The van der Waals surface area contributed by atoms with Crippen LogP contribution in [0.4, 0.5) is 0 Å². The van der Waals surface area contributed by atoms with Gasteiger partial charge in [0.05, 0.1) is 17.1 Å². The fourth-order valence-electron chi connectivity index (χ4n) is 2.13. The third-order valence-corrected chi connectivity index (χ3v) is 2.68. The second-order valence-electron chi connectivity index (χ2n) is 3.31. The lowest BCUT2D eigenvalue weighted by atomic mass is 9.94. The van der Waals surface area contributed by atoms with Gasteiger partial charge in [0.25, 0.3) is 0 Å². The van der Waals surface area contributed by atoms with Crippen LogP contribution in [0.15, 0.2) is 12.2 Å². The van der Waals surface area contributed by atoms with E-state index in [1.54, 1.807) is 0 Å². The van der Waals surface area contributed by atoms with Crippen molar-refractivity contribution in [2.75, 3.05) is 7.04 Å². The summed E-state index contributed by atoms with van der Waals surface area (Å²) in [6.45, 7) is 0. The van der Waals surface area contributed by atoms with Crippen molar-refractivity contribution in [2.24, 2.45) is 17.8 Å². The summed E-state index contributed by atoms with van der Waals surface area (Å²) in [5.74, 6) is -0.142. The Morgan fingerprint density at radius 1 is 1.64 bits per heavy atom. The summed E-state index contributed by atoms with van der Waals surface area (Å²) in [7, 11) is -2.59. The normalized spacial score (nSPS) is 44.7. The molecule has 1 saturated carbocycles. The number of ether oxygens (including phenoxy) is 1. The fourth-order valence-corrected chi connectivity index (χ4v) is 2.13. The summed E-state index contributed by atoms with van der Waals surface area (Å²) in [6.07, 6.45) is 5.82. The molecule has 2 aliphatic carbocycles. The number of methoxy groups -OCH3 is 1. The van der Waals surface area contributed by atoms with Gasteiger partial charge in [-0.05, 0) is 24.7 Å². The first-order chi connectivity index (χ1) is 6.46. The summed E-state index contributed by atoms with van der Waals surface area (Å²) in [4.78, 5) is 11.4. The lowest BCUT2D eigenvalue weighted by Gasteiger charge is -2.14. The summed E-state index contributed by atoms with van der Waals surface area (Å²) >= 11 is 0. The van der Waals surface area contributed by atoms with Crippen LogP contribution in [0.3, 0.4) is 0 Å². The molecule has 11 heavy (non-hydrogen) atoms. The summed E-state index contributed by atoms with van der Waals surface area (Å²) in [5.41, 5.74) is 0. The second-order valence-corrected chi connectivity index (χ2v) is 3.31. The van der Waals surface area contributed by atoms with Crippen LogP contribution in [0.1, 0.15) is 17.0 Å². The van der Waals surface area contributed by atoms with Crippen molar-refractivity contribution in [3.63, 3.8) is 0 Å². The van der Waals surface area contributed by atoms with E-state index in [1.165, 1.54) is 0 Å². The number of hydrogen-bond acceptors (Lipinski definition) is 2. The molecule has 1 fully saturated rings. The third-order valence-electron chi connectivity index (χ3n) is 2.68. The molecule has 0 amide bonds. The van der Waals surface area contributed by atoms with Gasteiger partial charge in [-0.15, -0.1) is 0 Å². The third kappa shape index (κ3) is 0.971. The lowest BCUT2D eigenvalue weighted by molar-refractivity contribution is -0.146. The Balaban J connectivity index is 1.97. The molecule has 2 bridgehead atoms. The minimum absolute atomic E-state index is 0.204. The molecule has 2 aliphatic rings. The zero-order chi connectivity index (χ0) is 10.3. The van der Waals surface area contributed by atoms with Crippen LogP contribution in [0.25, 0.3) is 0 Å². The van der Waals surface area contributed by atoms with Crippen LogP contribution in [0.2, 0.25) is 0 Å². The topological polar surface area (TPSA) is 26.3 Å². The molecule has 60 valence electrons. The largest absolute Gasteiger partial charge is 0.469 e. The predicted octanol–water partition coefficient (Wildman–Crippen LogP) is 1.37. The van der Waals surface area contributed by atoms with Crippen LogP contribution < -0.4 is 0 Å². The molecular weight excluding hydrogens is 140 g/mol. The molecule has 2 nitrogen and oxygen atoms in total. The standard InChI is InChI=1S/C9H12O2/c1-11-9(10)8-5-6-2-3-7(8)4-6/h2-3,6-8H,4-5H2,1H3/i1D3. The van der Waals surface area contributed by atoms with E-state index < -0.39 is 13.0 Å². The average molecular weight is 155 g/mol. The number of fused-ring (bicyclic) bond motifs is 2. The highest BCUT2D eigenvalue weighted by Crippen LogP contribution is 2.43. The molecule has 0 aliphatic heterocycles. The zero-order valence-corrected chi connectivity index (χ0v) is 6.12. The molecule has 0 N–H and O–H groups in total. The van der Waals surface area contributed by atoms with E-state index in [0.717, 1.165) is 12.8 Å². The Morgan fingerprint density at radius 2 is 2.55 bits per heavy atom. The van der Waals surface area contributed by atoms with E-state index in [1.807, 2.05) is 6.08 Å². The minimum atomic E-state index is -2.59. The fraction of sp³-hybridized carbons (Fsp3) is 0.667. The van der Waals surface area contributed by atoms with Gasteiger partial charge in [0.2, 0.25) is 0 Å². The van der Waals surface area contributed by atoms with Crippen molar-refractivity contribution < 1.29 is 13.6 Å². The first-order valence-corrected chi connectivity index (χ1v) is 3.87. The van der Waals surface area contributed by atoms with Crippen molar-refractivity contribution in [3.05, 3.63) is 12.2 Å². The molecule has 0 radical (unpaired) electrons. The van der Waals surface area contributed by atoms with Crippen LogP contribution >= 0.6 is 0 Å². The minimum Gasteiger partial charge on any atom is -0.469 e. The van der Waals surface area contributed by atoms with Gasteiger partial charge in [0, 0.05) is 0 Å². The van der Waals surface area contributed by atoms with Gasteiger partial charge in [0.15, 0.2) is 0 Å². The van der Waals surface area contributed by atoms with Gasteiger partial charge in [-0.2, -0.15) is 0 Å². The molecule has 2 heteroatoms. The number of rotatable bonds is 1. The van der Waals surface area contributed by atoms with E-state index in [9.17, 15) is 4.79 Å². The van der Waals surface area contributed by atoms with E-state index in [2.05, 4.69) is 10.8 Å². The molecule has 0 saturated heterocycles. The number of allylic oxidation sites excluding steroid dienone is 2. The van der Waals surface area contributed by atoms with Crippen LogP contribution in [0.5, 0.6) is 0 Å². The Bertz CT molecular complexity index is 282. The first-order valence-electron chi connectivity index (χ1n) is 5.37. The van der Waals surface area contributed by atoms with Gasteiger partial charge in [-0.25, -0.2) is 0 Å². The van der Waals surface area contributed by atoms with E-state index >= 15 is 0 Å². The number of esters is 1. The van der Waals surface area contributed by atoms with Gasteiger partial charge < -0.3 is 4.74 Å². The number of carbonyl (C=O) groups is 1. The summed E-state index contributed by atoms with van der Waals surface area (Å²) in [5, 5.41) is 0. The first kappa shape index (κ1) is 4.29. The SMILES string of the molecule is [2H]C([2H])([2H])OC(=O)C1CC2C=CC1C2. The Labute approximate surface area is 70.4 Å². The van der Waals surface area contributed by atoms with E-state index in [4.69, 9.17) is 4.11 Å². The number of hydrogen-bond donors (Lipinski definition) is 0. The maximum atomic E-state index is 11.4. The molecule has 0 spiro atoms. The Hall–Kier alpha value is -0.790. The smallest absolute Gasteiger partial charge is 0.309 e.